The van der Waals surface area contributed by atoms with Gasteiger partial charge in [0, 0.05) is 38.0 Å². The second-order valence-electron chi connectivity index (χ2n) is 15.1. The molecule has 1 saturated heterocycles. The first kappa shape index (κ1) is 52.8. The second kappa shape index (κ2) is 29.1. The normalized spacial score (nSPS) is 18.5. The number of carbonyl (C=O) groups is 2. The Morgan fingerprint density at radius 3 is 1.45 bits per heavy atom. The number of ether oxygens (including phenoxy) is 2. The summed E-state index contributed by atoms with van der Waals surface area (Å²) in [5.41, 5.74) is 6.59. The van der Waals surface area contributed by atoms with Crippen LogP contribution in [-0.4, -0.2) is 57.7 Å². The number of esters is 1. The van der Waals surface area contributed by atoms with E-state index in [0.717, 1.165) is 87.7 Å². The quantitative estimate of drug-likeness (QED) is 0.129. The maximum Gasteiger partial charge on any atom is 0.534 e. The van der Waals surface area contributed by atoms with Gasteiger partial charge in [-0.2, -0.15) is 21.6 Å². The summed E-state index contributed by atoms with van der Waals surface area (Å²) < 4.78 is 85.5. The molecule has 0 aromatic rings. The number of hydrogen-bond acceptors (Lipinski definition) is 8. The van der Waals surface area contributed by atoms with Gasteiger partial charge in [0.15, 0.2) is 0 Å². The highest BCUT2D eigenvalue weighted by atomic mass is 32.2. The molecule has 2 fully saturated rings. The molecule has 0 aromatic carbocycles. The minimum atomic E-state index is -5.52. The van der Waals surface area contributed by atoms with Gasteiger partial charge in [0.25, 0.3) is 0 Å². The Kier molecular flexibility index (Phi) is 26.5. The maximum atomic E-state index is 12.0. The lowest BCUT2D eigenvalue weighted by Gasteiger charge is -2.18. The topological polar surface area (TPSA) is 116 Å². The molecule has 334 valence electrons. The summed E-state index contributed by atoms with van der Waals surface area (Å²) in [5.74, 6) is 0.130. The first-order valence-electron chi connectivity index (χ1n) is 20.5. The Morgan fingerprint density at radius 2 is 1.14 bits per heavy atom. The Morgan fingerprint density at radius 1 is 0.707 bits per heavy atom. The number of ketones is 1. The Bertz CT molecular complexity index is 1700. The zero-order chi connectivity index (χ0) is 44.3. The Balaban J connectivity index is 0. The van der Waals surface area contributed by atoms with Crippen molar-refractivity contribution < 1.29 is 52.7 Å². The van der Waals surface area contributed by atoms with Gasteiger partial charge in [0.05, 0.1) is 16.4 Å². The molecule has 0 spiro atoms. The molecular weight excluding hydrogens is 770 g/mol. The number of rotatable bonds is 4. The van der Waals surface area contributed by atoms with Crippen molar-refractivity contribution in [3.05, 3.63) is 79.7 Å². The highest BCUT2D eigenvalue weighted by molar-refractivity contribution is 7.87. The van der Waals surface area contributed by atoms with Crippen molar-refractivity contribution in [1.29, 1.82) is 0 Å². The van der Waals surface area contributed by atoms with Gasteiger partial charge in [0.2, 0.25) is 0 Å². The maximum absolute atomic E-state index is 12.0. The molecule has 0 aromatic heterocycles. The molecule has 4 aliphatic carbocycles. The summed E-state index contributed by atoms with van der Waals surface area (Å²) >= 11 is 0. The number of aliphatic hydroxyl groups is 1. The third kappa shape index (κ3) is 22.2. The average molecular weight is 847 g/mol. The molecule has 0 radical (unpaired) electrons. The van der Waals surface area contributed by atoms with Gasteiger partial charge in [-0.25, -0.2) is 4.79 Å². The van der Waals surface area contributed by atoms with Crippen LogP contribution in [0.1, 0.15) is 169 Å². The highest BCUT2D eigenvalue weighted by Gasteiger charge is 2.48. The second-order valence-corrected chi connectivity index (χ2v) is 16.6. The monoisotopic (exact) mass is 847 g/mol. The molecule has 5 aliphatic rings. The zero-order valence-electron chi connectivity index (χ0n) is 37.1. The van der Waals surface area contributed by atoms with Crippen LogP contribution in [0.15, 0.2) is 79.7 Å². The molecular formula is C46H75F3O8S. The van der Waals surface area contributed by atoms with Crippen LogP contribution in [0.3, 0.4) is 0 Å². The van der Waals surface area contributed by atoms with Crippen LogP contribution in [0.4, 0.5) is 13.2 Å². The van der Waals surface area contributed by atoms with E-state index < -0.39 is 22.2 Å². The van der Waals surface area contributed by atoms with Gasteiger partial charge >= 0.3 is 21.6 Å². The number of methoxy groups -OCH3 is 1. The van der Waals surface area contributed by atoms with E-state index >= 15 is 0 Å². The summed E-state index contributed by atoms with van der Waals surface area (Å²) in [6, 6.07) is 0. The number of halogens is 3. The van der Waals surface area contributed by atoms with Crippen molar-refractivity contribution in [1.82, 2.24) is 0 Å². The molecule has 0 amide bonds. The van der Waals surface area contributed by atoms with Gasteiger partial charge in [-0.1, -0.05) is 71.6 Å². The van der Waals surface area contributed by atoms with Crippen molar-refractivity contribution in [2.75, 3.05) is 26.9 Å². The minimum absolute atomic E-state index is 0. The lowest BCUT2D eigenvalue weighted by atomic mass is 9.91. The summed E-state index contributed by atoms with van der Waals surface area (Å²) in [6.07, 6.45) is 17.5. The number of alkyl halides is 3. The standard InChI is InChI=1S/C11H16O2.C10H13F3O3S.C10H16O.C9H14O.C4H8O.2CH4/c1-8(2)9-4-6-10(7-5-9)11(12)13-3;1-7(2)8-3-5-9(6-4-8)16-17(14,15)10(11,12)13;1-8(2)10-5-3-9(7-11)4-6-10;1-7(2)8-3-5-9(10)6-4-8;1-2-4-5-3-1;;/h6H,4-5,7H2,1-3H3;5H,3-4,6H2,1-2H3;3,11H,4-7H2,1-2H3;3-6H2,1-2H3;1-4H2;2*1H4/i;;7D2;;;;. The van der Waals surface area contributed by atoms with E-state index in [9.17, 15) is 31.2 Å². The SMILES string of the molecule is C.C.C1CCOC1.CC(C)=C1CC=C(OS(=O)(=O)C(F)(F)F)CC1.CC(C)=C1CCC(=O)CC1.COC(=O)C1=CCC(=C(C)C)CC1.[2H]C([2H])(O)C1=CCC(=C(C)C)CC1. The van der Waals surface area contributed by atoms with Crippen molar-refractivity contribution in [3.63, 3.8) is 0 Å². The van der Waals surface area contributed by atoms with Crippen molar-refractivity contribution in [2.24, 2.45) is 0 Å². The van der Waals surface area contributed by atoms with Gasteiger partial charge < -0.3 is 18.8 Å². The van der Waals surface area contributed by atoms with Gasteiger partial charge in [-0.05, 0) is 144 Å². The molecule has 8 nitrogen and oxygen atoms in total. The molecule has 0 bridgehead atoms. The zero-order valence-corrected chi connectivity index (χ0v) is 35.9. The van der Waals surface area contributed by atoms with Crippen LogP contribution in [0.5, 0.6) is 0 Å². The summed E-state index contributed by atoms with van der Waals surface area (Å²) in [4.78, 5) is 21.9. The Hall–Kier alpha value is -3.22. The number of hydrogen-bond donors (Lipinski definition) is 1. The number of allylic oxidation sites excluding steroid dienone is 12. The first-order chi connectivity index (χ1) is 26.9. The lowest BCUT2D eigenvalue weighted by molar-refractivity contribution is -0.136. The smallest absolute Gasteiger partial charge is 0.466 e. The van der Waals surface area contributed by atoms with E-state index in [2.05, 4.69) is 50.5 Å². The van der Waals surface area contributed by atoms with Gasteiger partial charge in [0.1, 0.15) is 11.5 Å². The molecule has 12 heteroatoms. The summed E-state index contributed by atoms with van der Waals surface area (Å²) in [6.45, 7) is 16.3. The number of carbonyl (C=O) groups excluding carboxylic acids is 2. The summed E-state index contributed by atoms with van der Waals surface area (Å²) in [5, 5.41) is 9.12. The van der Waals surface area contributed by atoms with E-state index in [-0.39, 0.29) is 33.0 Å². The molecule has 5 rings (SSSR count). The van der Waals surface area contributed by atoms with Crippen LogP contribution >= 0.6 is 0 Å². The van der Waals surface area contributed by atoms with Crippen LogP contribution < -0.4 is 0 Å². The van der Waals surface area contributed by atoms with E-state index in [0.29, 0.717) is 30.6 Å². The summed E-state index contributed by atoms with van der Waals surface area (Å²) in [7, 11) is -4.09. The predicted octanol–water partition coefficient (Wildman–Crippen LogP) is 12.8. The fraction of sp³-hybridized carbons (Fsp3) is 0.652. The van der Waals surface area contributed by atoms with E-state index in [1.165, 1.54) is 59.5 Å². The molecule has 1 saturated carbocycles. The third-order valence-corrected chi connectivity index (χ3v) is 11.0. The van der Waals surface area contributed by atoms with Gasteiger partial charge in [-0.15, -0.1) is 0 Å². The fourth-order valence-corrected chi connectivity index (χ4v) is 6.60. The minimum Gasteiger partial charge on any atom is -0.466 e. The average Bonchev–Trinajstić information content (AvgIpc) is 3.76. The molecule has 0 atom stereocenters. The molecule has 1 heterocycles. The predicted molar refractivity (Wildman–Crippen MR) is 231 cm³/mol. The molecule has 58 heavy (non-hydrogen) atoms. The highest BCUT2D eigenvalue weighted by Crippen LogP contribution is 2.32. The van der Waals surface area contributed by atoms with Crippen LogP contribution in [0, 0.1) is 0 Å². The molecule has 1 aliphatic heterocycles. The van der Waals surface area contributed by atoms with Gasteiger partial charge in [-0.3, -0.25) is 4.79 Å². The van der Waals surface area contributed by atoms with Crippen LogP contribution in [0.2, 0.25) is 0 Å². The third-order valence-electron chi connectivity index (χ3n) is 9.99. The van der Waals surface area contributed by atoms with Crippen LogP contribution in [0.25, 0.3) is 0 Å². The Labute approximate surface area is 352 Å². The van der Waals surface area contributed by atoms with Crippen molar-refractivity contribution in [3.8, 4) is 0 Å². The largest absolute Gasteiger partial charge is 0.534 e. The number of Topliss-reactive ketones (excluding diaryl/α,β-unsaturated/α-hetero) is 1. The van der Waals surface area contributed by atoms with E-state index in [1.807, 2.05) is 26.0 Å². The van der Waals surface area contributed by atoms with E-state index in [4.69, 9.17) is 12.6 Å². The van der Waals surface area contributed by atoms with Crippen LogP contribution in [-0.2, 0) is 33.4 Å². The van der Waals surface area contributed by atoms with Crippen molar-refractivity contribution >= 4 is 21.9 Å². The van der Waals surface area contributed by atoms with E-state index in [1.54, 1.807) is 0 Å². The molecule has 0 unspecified atom stereocenters. The first-order valence-corrected chi connectivity index (χ1v) is 20.9. The van der Waals surface area contributed by atoms with Crippen molar-refractivity contribution in [2.45, 2.75) is 172 Å². The fourth-order valence-electron chi connectivity index (χ4n) is 6.07. The molecule has 1 N–H and O–H groups in total. The lowest BCUT2D eigenvalue weighted by Crippen LogP contribution is -2.25.